The number of likely N-dealkylation sites (tertiary alicyclic amines) is 1. The molecule has 1 aliphatic heterocycles. The summed E-state index contributed by atoms with van der Waals surface area (Å²) in [4.78, 5) is 25.8. The number of aryl methyl sites for hydroxylation is 2. The molecule has 1 N–H and O–H groups in total. The molecule has 98 valence electrons. The third-order valence-corrected chi connectivity index (χ3v) is 3.44. The summed E-state index contributed by atoms with van der Waals surface area (Å²) in [6.07, 6.45) is 0. The average Bonchev–Trinajstić information content (AvgIpc) is 2.25. The number of carbonyl (C=O) groups excluding carboxylic acids is 1. The van der Waals surface area contributed by atoms with Crippen molar-refractivity contribution in [2.45, 2.75) is 13.8 Å². The van der Waals surface area contributed by atoms with Crippen molar-refractivity contribution in [3.8, 4) is 0 Å². The molecule has 0 aromatic carbocycles. The fourth-order valence-electron chi connectivity index (χ4n) is 2.11. The van der Waals surface area contributed by atoms with E-state index in [2.05, 4.69) is 5.10 Å². The van der Waals surface area contributed by atoms with Crippen molar-refractivity contribution < 1.29 is 9.90 Å². The Morgan fingerprint density at radius 2 is 2.06 bits per heavy atom. The van der Waals surface area contributed by atoms with Gasteiger partial charge in [-0.1, -0.05) is 0 Å². The maximum Gasteiger partial charge on any atom is 0.279 e. The molecule has 0 unspecified atom stereocenters. The molecule has 0 aliphatic carbocycles. The Bertz CT molecular complexity index is 544. The molecule has 0 spiro atoms. The van der Waals surface area contributed by atoms with E-state index >= 15 is 0 Å². The summed E-state index contributed by atoms with van der Waals surface area (Å²) < 4.78 is 1.19. The predicted octanol–water partition coefficient (Wildman–Crippen LogP) is -0.539. The lowest BCUT2D eigenvalue weighted by molar-refractivity contribution is 0.0358. The van der Waals surface area contributed by atoms with Gasteiger partial charge in [-0.3, -0.25) is 9.59 Å². The summed E-state index contributed by atoms with van der Waals surface area (Å²) in [7, 11) is 1.54. The van der Waals surface area contributed by atoms with E-state index in [0.29, 0.717) is 24.3 Å². The van der Waals surface area contributed by atoms with E-state index in [9.17, 15) is 9.59 Å². The Hall–Kier alpha value is -1.69. The van der Waals surface area contributed by atoms with Gasteiger partial charge in [0.05, 0.1) is 5.69 Å². The van der Waals surface area contributed by atoms with Crippen LogP contribution in [0.25, 0.3) is 0 Å². The first-order chi connectivity index (χ1) is 8.45. The zero-order valence-corrected chi connectivity index (χ0v) is 10.8. The van der Waals surface area contributed by atoms with Gasteiger partial charge in [0.1, 0.15) is 5.56 Å². The van der Waals surface area contributed by atoms with Gasteiger partial charge < -0.3 is 10.0 Å². The quantitative estimate of drug-likeness (QED) is 0.766. The van der Waals surface area contributed by atoms with E-state index in [1.807, 2.05) is 0 Å². The van der Waals surface area contributed by atoms with Gasteiger partial charge in [-0.2, -0.15) is 5.10 Å². The van der Waals surface area contributed by atoms with Crippen LogP contribution < -0.4 is 5.56 Å². The molecule has 1 aromatic rings. The molecule has 2 rings (SSSR count). The molecule has 0 radical (unpaired) electrons. The number of hydrogen-bond acceptors (Lipinski definition) is 4. The molecule has 6 heteroatoms. The molecule has 18 heavy (non-hydrogen) atoms. The largest absolute Gasteiger partial charge is 0.396 e. The molecule has 0 bridgehead atoms. The maximum atomic E-state index is 12.2. The van der Waals surface area contributed by atoms with Crippen molar-refractivity contribution in [3.05, 3.63) is 27.2 Å². The van der Waals surface area contributed by atoms with Gasteiger partial charge in [0.25, 0.3) is 11.5 Å². The van der Waals surface area contributed by atoms with Gasteiger partial charge in [-0.25, -0.2) is 4.68 Å². The molecule has 2 heterocycles. The highest BCUT2D eigenvalue weighted by Gasteiger charge is 2.33. The van der Waals surface area contributed by atoms with Gasteiger partial charge in [0.15, 0.2) is 0 Å². The topological polar surface area (TPSA) is 75.4 Å². The standard InChI is InChI=1S/C12H17N3O3/c1-7-8(2)13-14(3)11(17)10(7)12(18)15-4-9(5-15)6-16/h9,16H,4-6H2,1-3H3. The minimum atomic E-state index is -0.365. The summed E-state index contributed by atoms with van der Waals surface area (Å²) in [5.41, 5.74) is 1.15. The van der Waals surface area contributed by atoms with Crippen LogP contribution in [-0.4, -0.2) is 45.4 Å². The summed E-state index contributed by atoms with van der Waals surface area (Å²) >= 11 is 0. The molecule has 0 atom stereocenters. The highest BCUT2D eigenvalue weighted by molar-refractivity contribution is 5.95. The van der Waals surface area contributed by atoms with E-state index in [0.717, 1.165) is 0 Å². The lowest BCUT2D eigenvalue weighted by Crippen LogP contribution is -2.52. The fraction of sp³-hybridized carbons (Fsp3) is 0.583. The average molecular weight is 251 g/mol. The Morgan fingerprint density at radius 1 is 1.44 bits per heavy atom. The maximum absolute atomic E-state index is 12.2. The minimum absolute atomic E-state index is 0.0795. The predicted molar refractivity (Wildman–Crippen MR) is 65.4 cm³/mol. The number of amides is 1. The zero-order chi connectivity index (χ0) is 13.4. The molecule has 1 aliphatic rings. The first-order valence-electron chi connectivity index (χ1n) is 5.90. The van der Waals surface area contributed by atoms with Crippen molar-refractivity contribution in [2.24, 2.45) is 13.0 Å². The molecule has 1 amide bonds. The summed E-state index contributed by atoms with van der Waals surface area (Å²) in [5.74, 6) is -0.121. The number of aliphatic hydroxyl groups is 1. The van der Waals surface area contributed by atoms with Gasteiger partial charge in [0.2, 0.25) is 0 Å². The van der Waals surface area contributed by atoms with Gasteiger partial charge in [-0.05, 0) is 19.4 Å². The minimum Gasteiger partial charge on any atom is -0.396 e. The highest BCUT2D eigenvalue weighted by Crippen LogP contribution is 2.18. The lowest BCUT2D eigenvalue weighted by atomic mass is 9.99. The van der Waals surface area contributed by atoms with Crippen LogP contribution in [0.3, 0.4) is 0 Å². The second-order valence-corrected chi connectivity index (χ2v) is 4.77. The SMILES string of the molecule is Cc1nn(C)c(=O)c(C(=O)N2CC(CO)C2)c1C. The number of aliphatic hydroxyl groups excluding tert-OH is 1. The van der Waals surface area contributed by atoms with Crippen LogP contribution in [0.4, 0.5) is 0 Å². The summed E-state index contributed by atoms with van der Waals surface area (Å²) in [6.45, 7) is 4.62. The zero-order valence-electron chi connectivity index (χ0n) is 10.8. The number of hydrogen-bond donors (Lipinski definition) is 1. The third-order valence-electron chi connectivity index (χ3n) is 3.44. The summed E-state index contributed by atoms with van der Waals surface area (Å²) in [5, 5.41) is 13.0. The second kappa shape index (κ2) is 4.53. The molecule has 1 saturated heterocycles. The van der Waals surface area contributed by atoms with E-state index in [1.54, 1.807) is 18.7 Å². The molecule has 0 saturated carbocycles. The lowest BCUT2D eigenvalue weighted by Gasteiger charge is -2.38. The Kier molecular flexibility index (Phi) is 3.21. The van der Waals surface area contributed by atoms with Crippen LogP contribution in [-0.2, 0) is 7.05 Å². The summed E-state index contributed by atoms with van der Waals surface area (Å²) in [6, 6.07) is 0. The fourth-order valence-corrected chi connectivity index (χ4v) is 2.11. The Labute approximate surface area is 105 Å². The monoisotopic (exact) mass is 251 g/mol. The van der Waals surface area contributed by atoms with E-state index in [1.165, 1.54) is 11.7 Å². The van der Waals surface area contributed by atoms with Crippen molar-refractivity contribution in [1.29, 1.82) is 0 Å². The van der Waals surface area contributed by atoms with Crippen molar-refractivity contribution >= 4 is 5.91 Å². The Balaban J connectivity index is 2.34. The van der Waals surface area contributed by atoms with E-state index in [-0.39, 0.29) is 29.6 Å². The highest BCUT2D eigenvalue weighted by atomic mass is 16.3. The van der Waals surface area contributed by atoms with E-state index < -0.39 is 0 Å². The number of nitrogens with zero attached hydrogens (tertiary/aromatic N) is 3. The Morgan fingerprint density at radius 3 is 2.61 bits per heavy atom. The van der Waals surface area contributed by atoms with Crippen LogP contribution in [0.5, 0.6) is 0 Å². The van der Waals surface area contributed by atoms with Crippen LogP contribution >= 0.6 is 0 Å². The third kappa shape index (κ3) is 1.92. The van der Waals surface area contributed by atoms with Crippen molar-refractivity contribution in [1.82, 2.24) is 14.7 Å². The number of rotatable bonds is 2. The first-order valence-corrected chi connectivity index (χ1v) is 5.90. The smallest absolute Gasteiger partial charge is 0.279 e. The number of carbonyl (C=O) groups is 1. The van der Waals surface area contributed by atoms with Crippen LogP contribution in [0.2, 0.25) is 0 Å². The van der Waals surface area contributed by atoms with E-state index in [4.69, 9.17) is 5.11 Å². The number of aromatic nitrogens is 2. The molecular formula is C12H17N3O3. The molecule has 1 fully saturated rings. The van der Waals surface area contributed by atoms with Crippen LogP contribution in [0, 0.1) is 19.8 Å². The van der Waals surface area contributed by atoms with Gasteiger partial charge >= 0.3 is 0 Å². The van der Waals surface area contributed by atoms with Crippen LogP contribution in [0.1, 0.15) is 21.6 Å². The normalized spacial score (nSPS) is 15.7. The van der Waals surface area contributed by atoms with Crippen LogP contribution in [0.15, 0.2) is 4.79 Å². The van der Waals surface area contributed by atoms with Crippen molar-refractivity contribution in [3.63, 3.8) is 0 Å². The molecular weight excluding hydrogens is 234 g/mol. The second-order valence-electron chi connectivity index (χ2n) is 4.77. The molecule has 6 nitrogen and oxygen atoms in total. The van der Waals surface area contributed by atoms with Gasteiger partial charge in [-0.15, -0.1) is 0 Å². The van der Waals surface area contributed by atoms with Gasteiger partial charge in [0, 0.05) is 32.7 Å². The first kappa shape index (κ1) is 12.8. The molecule has 1 aromatic heterocycles. The van der Waals surface area contributed by atoms with Crippen molar-refractivity contribution in [2.75, 3.05) is 19.7 Å².